The second kappa shape index (κ2) is 13.0. The zero-order valence-electron chi connectivity index (χ0n) is 14.8. The van der Waals surface area contributed by atoms with Crippen molar-refractivity contribution in [2.24, 2.45) is 0 Å². The zero-order valence-corrected chi connectivity index (χ0v) is 14.8. The first-order valence-corrected chi connectivity index (χ1v) is 9.16. The van der Waals surface area contributed by atoms with Crippen LogP contribution < -0.4 is 10.1 Å². The van der Waals surface area contributed by atoms with Crippen LogP contribution in [0, 0.1) is 0 Å². The zero-order chi connectivity index (χ0) is 16.8. The van der Waals surface area contributed by atoms with E-state index in [9.17, 15) is 4.79 Å². The molecule has 1 rings (SSSR count). The first-order chi connectivity index (χ1) is 11.3. The van der Waals surface area contributed by atoms with Crippen molar-refractivity contribution >= 4 is 6.41 Å². The van der Waals surface area contributed by atoms with Gasteiger partial charge < -0.3 is 10.1 Å². The van der Waals surface area contributed by atoms with E-state index in [1.54, 1.807) is 6.41 Å². The van der Waals surface area contributed by atoms with Crippen molar-refractivity contribution in [2.75, 3.05) is 13.2 Å². The van der Waals surface area contributed by atoms with Gasteiger partial charge in [-0.1, -0.05) is 51.7 Å². The summed E-state index contributed by atoms with van der Waals surface area (Å²) < 4.78 is 5.93. The number of hydrogen-bond acceptors (Lipinski definition) is 2. The molecule has 0 unspecified atom stereocenters. The summed E-state index contributed by atoms with van der Waals surface area (Å²) in [7, 11) is 0. The Kier molecular flexibility index (Phi) is 11.0. The fraction of sp³-hybridized carbons (Fsp3) is 0.650. The number of unbranched alkanes of at least 4 members (excludes halogenated alkanes) is 4. The Morgan fingerprint density at radius 1 is 1.00 bits per heavy atom. The van der Waals surface area contributed by atoms with E-state index in [-0.39, 0.29) is 0 Å². The molecule has 0 spiro atoms. The number of amides is 1. The largest absolute Gasteiger partial charge is 0.493 e. The molecule has 1 aromatic carbocycles. The van der Waals surface area contributed by atoms with E-state index in [2.05, 4.69) is 37.4 Å². The summed E-state index contributed by atoms with van der Waals surface area (Å²) >= 11 is 0. The van der Waals surface area contributed by atoms with E-state index in [0.29, 0.717) is 13.2 Å². The highest BCUT2D eigenvalue weighted by atomic mass is 16.5. The van der Waals surface area contributed by atoms with Crippen LogP contribution in [0.5, 0.6) is 5.75 Å². The molecule has 0 aliphatic rings. The maximum Gasteiger partial charge on any atom is 0.309 e. The van der Waals surface area contributed by atoms with Gasteiger partial charge in [0, 0.05) is 6.54 Å². The fourth-order valence-corrected chi connectivity index (χ4v) is 2.66. The standard InChI is InChI=1S/C20H32NO2/c1-3-5-7-10-18-12-13-20(23-15-9-14-21-17-22)19(16-18)11-8-6-4-2/h12-13,16H,3-11,14-15H2,1-2H3,(H,21,22). The Hall–Kier alpha value is -1.51. The van der Waals surface area contributed by atoms with Crippen LogP contribution in [0.2, 0.25) is 0 Å². The molecule has 0 bridgehead atoms. The molecule has 0 aliphatic carbocycles. The van der Waals surface area contributed by atoms with Gasteiger partial charge >= 0.3 is 6.41 Å². The van der Waals surface area contributed by atoms with Gasteiger partial charge in [-0.05, 0) is 49.3 Å². The first kappa shape index (κ1) is 19.5. The Bertz CT molecular complexity index is 432. The molecule has 3 nitrogen and oxygen atoms in total. The van der Waals surface area contributed by atoms with Gasteiger partial charge in [0.2, 0.25) is 0 Å². The average Bonchev–Trinajstić information content (AvgIpc) is 2.56. The summed E-state index contributed by atoms with van der Waals surface area (Å²) in [6, 6.07) is 6.66. The fourth-order valence-electron chi connectivity index (χ4n) is 2.66. The van der Waals surface area contributed by atoms with E-state index < -0.39 is 0 Å². The molecule has 0 atom stereocenters. The van der Waals surface area contributed by atoms with Gasteiger partial charge in [0.1, 0.15) is 5.75 Å². The molecule has 0 heterocycles. The van der Waals surface area contributed by atoms with E-state index in [1.165, 1.54) is 49.7 Å². The molecule has 0 aliphatic heterocycles. The number of nitrogens with one attached hydrogen (secondary N) is 1. The van der Waals surface area contributed by atoms with Gasteiger partial charge in [0.05, 0.1) is 6.61 Å². The molecule has 1 N–H and O–H groups in total. The van der Waals surface area contributed by atoms with Crippen molar-refractivity contribution < 1.29 is 9.53 Å². The van der Waals surface area contributed by atoms with Gasteiger partial charge in [-0.25, -0.2) is 0 Å². The molecular weight excluding hydrogens is 286 g/mol. The Morgan fingerprint density at radius 2 is 1.74 bits per heavy atom. The lowest BCUT2D eigenvalue weighted by atomic mass is 10.00. The predicted octanol–water partition coefficient (Wildman–Crippen LogP) is 4.58. The number of benzene rings is 1. The van der Waals surface area contributed by atoms with Gasteiger partial charge in [-0.15, -0.1) is 0 Å². The van der Waals surface area contributed by atoms with Gasteiger partial charge in [0.15, 0.2) is 0 Å². The third-order valence-electron chi connectivity index (χ3n) is 4.02. The molecule has 129 valence electrons. The summed E-state index contributed by atoms with van der Waals surface area (Å²) in [5.74, 6) is 1.01. The molecule has 23 heavy (non-hydrogen) atoms. The quantitative estimate of drug-likeness (QED) is 0.403. The smallest absolute Gasteiger partial charge is 0.309 e. The summed E-state index contributed by atoms with van der Waals surface area (Å²) in [6.07, 6.45) is 12.3. The van der Waals surface area contributed by atoms with Crippen molar-refractivity contribution in [3.63, 3.8) is 0 Å². The van der Waals surface area contributed by atoms with Crippen LogP contribution in [0.25, 0.3) is 0 Å². The number of hydrogen-bond donors (Lipinski definition) is 1. The van der Waals surface area contributed by atoms with Crippen molar-refractivity contribution in [2.45, 2.75) is 71.6 Å². The van der Waals surface area contributed by atoms with E-state index in [4.69, 9.17) is 4.74 Å². The van der Waals surface area contributed by atoms with Crippen LogP contribution in [-0.2, 0) is 17.6 Å². The molecular formula is C20H32NO2. The minimum absolute atomic E-state index is 0.615. The van der Waals surface area contributed by atoms with Crippen LogP contribution in [0.15, 0.2) is 18.2 Å². The molecule has 0 fully saturated rings. The van der Waals surface area contributed by atoms with Crippen molar-refractivity contribution in [1.29, 1.82) is 0 Å². The molecule has 1 amide bonds. The summed E-state index contributed by atoms with van der Waals surface area (Å²) in [5.41, 5.74) is 2.76. The molecule has 1 radical (unpaired) electrons. The second-order valence-corrected chi connectivity index (χ2v) is 6.09. The third-order valence-corrected chi connectivity index (χ3v) is 4.02. The number of ether oxygens (including phenoxy) is 1. The Labute approximate surface area is 141 Å². The number of rotatable bonds is 14. The van der Waals surface area contributed by atoms with E-state index in [1.807, 2.05) is 0 Å². The summed E-state index contributed by atoms with van der Waals surface area (Å²) in [4.78, 5) is 10.1. The molecule has 3 heteroatoms. The molecule has 0 aromatic heterocycles. The van der Waals surface area contributed by atoms with Crippen molar-refractivity contribution in [3.05, 3.63) is 29.3 Å². The van der Waals surface area contributed by atoms with Gasteiger partial charge in [-0.3, -0.25) is 4.79 Å². The van der Waals surface area contributed by atoms with Crippen LogP contribution in [0.1, 0.15) is 69.9 Å². The summed E-state index contributed by atoms with van der Waals surface area (Å²) in [6.45, 7) is 5.72. The summed E-state index contributed by atoms with van der Waals surface area (Å²) in [5, 5.41) is 2.54. The van der Waals surface area contributed by atoms with E-state index >= 15 is 0 Å². The van der Waals surface area contributed by atoms with Gasteiger partial charge in [-0.2, -0.15) is 0 Å². The van der Waals surface area contributed by atoms with Crippen LogP contribution in [0.3, 0.4) is 0 Å². The van der Waals surface area contributed by atoms with Crippen molar-refractivity contribution in [1.82, 2.24) is 5.32 Å². The maximum atomic E-state index is 10.1. The lowest BCUT2D eigenvalue weighted by Crippen LogP contribution is -2.15. The molecule has 0 saturated carbocycles. The molecule has 0 saturated heterocycles. The van der Waals surface area contributed by atoms with Gasteiger partial charge in [0.25, 0.3) is 0 Å². The topological polar surface area (TPSA) is 38.3 Å². The Morgan fingerprint density at radius 3 is 2.43 bits per heavy atom. The van der Waals surface area contributed by atoms with Crippen LogP contribution in [-0.4, -0.2) is 19.6 Å². The first-order valence-electron chi connectivity index (χ1n) is 9.16. The lowest BCUT2D eigenvalue weighted by molar-refractivity contribution is 0.307. The second-order valence-electron chi connectivity index (χ2n) is 6.09. The lowest BCUT2D eigenvalue weighted by Gasteiger charge is -2.13. The minimum Gasteiger partial charge on any atom is -0.493 e. The Balaban J connectivity index is 2.59. The van der Waals surface area contributed by atoms with E-state index in [0.717, 1.165) is 25.0 Å². The number of carbonyl (C=O) groups excluding carboxylic acids is 1. The highest BCUT2D eigenvalue weighted by Crippen LogP contribution is 2.24. The highest BCUT2D eigenvalue weighted by Gasteiger charge is 2.06. The molecule has 1 aromatic rings. The maximum absolute atomic E-state index is 10.1. The minimum atomic E-state index is 0.615. The SMILES string of the molecule is CCCCCc1ccc(OCCCN[C]=O)c(CCCCC)c1. The van der Waals surface area contributed by atoms with Crippen LogP contribution in [0.4, 0.5) is 0 Å². The van der Waals surface area contributed by atoms with Crippen LogP contribution >= 0.6 is 0 Å². The predicted molar refractivity (Wildman–Crippen MR) is 96.7 cm³/mol. The third kappa shape index (κ3) is 8.63. The highest BCUT2D eigenvalue weighted by molar-refractivity contribution is 5.46. The monoisotopic (exact) mass is 318 g/mol. The van der Waals surface area contributed by atoms with Crippen molar-refractivity contribution in [3.8, 4) is 5.75 Å². The normalized spacial score (nSPS) is 10.5. The number of aryl methyl sites for hydroxylation is 2. The average molecular weight is 318 g/mol.